The summed E-state index contributed by atoms with van der Waals surface area (Å²) in [6.45, 7) is 2.15. The zero-order valence-electron chi connectivity index (χ0n) is 5.17. The maximum atomic E-state index is 7.88. The molecule has 46 valence electrons. The van der Waals surface area contributed by atoms with Crippen LogP contribution in [0.1, 0.15) is 19.8 Å². The molecule has 0 aromatic rings. The van der Waals surface area contributed by atoms with E-state index < -0.39 is 21.4 Å². The molecule has 0 aromatic heterocycles. The first-order chi connectivity index (χ1) is 3.91. The van der Waals surface area contributed by atoms with Gasteiger partial charge in [0.15, 0.2) is 0 Å². The minimum absolute atomic E-state index is 0.928. The molecule has 0 aliphatic rings. The Kier molecular flexibility index (Phi) is 7.21. The molecule has 0 fully saturated rings. The summed E-state index contributed by atoms with van der Waals surface area (Å²) in [5.74, 6) is 0. The fraction of sp³-hybridized carbons (Fsp3) is 1.00. The van der Waals surface area contributed by atoms with Crippen LogP contribution in [0.2, 0.25) is 4.44 Å². The first-order valence-electron chi connectivity index (χ1n) is 2.92. The normalized spacial score (nSPS) is 9.62. The molecule has 0 aliphatic carbocycles. The van der Waals surface area contributed by atoms with Crippen LogP contribution in [0, 0.1) is 0 Å². The molecule has 0 saturated heterocycles. The van der Waals surface area contributed by atoms with E-state index in [1.807, 2.05) is 0 Å². The summed E-state index contributed by atoms with van der Waals surface area (Å²) in [4.78, 5) is 2.73. The molecule has 0 bridgehead atoms. The van der Waals surface area contributed by atoms with Gasteiger partial charge in [-0.25, -0.2) is 0 Å². The predicted molar refractivity (Wildman–Crippen MR) is 37.4 cm³/mol. The molecule has 0 atom stereocenters. The molecule has 4 heteroatoms. The van der Waals surface area contributed by atoms with E-state index in [2.05, 4.69) is 15.2 Å². The number of unbranched alkanes of at least 4 members (excludes halogenated alkanes) is 1. The first-order valence-corrected chi connectivity index (χ1v) is 7.58. The second-order valence-electron chi connectivity index (χ2n) is 1.66. The molecule has 0 N–H and O–H groups in total. The van der Waals surface area contributed by atoms with Crippen molar-refractivity contribution >= 4 is 21.4 Å². The van der Waals surface area contributed by atoms with Crippen molar-refractivity contribution < 1.29 is 0 Å². The van der Waals surface area contributed by atoms with E-state index in [-0.39, 0.29) is 0 Å². The molecule has 0 rings (SSSR count). The number of hydrogen-bond donors (Lipinski definition) is 0. The van der Waals surface area contributed by atoms with Crippen molar-refractivity contribution in [1.82, 2.24) is 0 Å². The molecular weight excluding hydrogens is 209 g/mol. The van der Waals surface area contributed by atoms with Gasteiger partial charge in [0.1, 0.15) is 0 Å². The summed E-state index contributed by atoms with van der Waals surface area (Å²) in [7, 11) is 0. The summed E-state index contributed by atoms with van der Waals surface area (Å²) in [5, 5.41) is 0. The Hall–Kier alpha value is 0.109. The van der Waals surface area contributed by atoms with Crippen LogP contribution in [-0.4, -0.2) is 21.4 Å². The zero-order valence-corrected chi connectivity index (χ0v) is 9.21. The van der Waals surface area contributed by atoms with E-state index in [1.165, 1.54) is 17.3 Å². The standard InChI is InChI=1S/C4H9.N3.Sn.2H/c1-3-4-2;1-3-2;;;/h1,3-4H2,2H3;;;;/q;-1;+1;;. The Morgan fingerprint density at radius 1 is 1.75 bits per heavy atom. The van der Waals surface area contributed by atoms with Gasteiger partial charge in [0.25, 0.3) is 0 Å². The van der Waals surface area contributed by atoms with E-state index in [9.17, 15) is 0 Å². The van der Waals surface area contributed by atoms with Crippen molar-refractivity contribution in [1.29, 1.82) is 0 Å². The fourth-order valence-electron chi connectivity index (χ4n) is 0.477. The maximum absolute atomic E-state index is 7.88. The molecule has 0 radical (unpaired) electrons. The van der Waals surface area contributed by atoms with Gasteiger partial charge in [-0.15, -0.1) is 0 Å². The van der Waals surface area contributed by atoms with Crippen molar-refractivity contribution in [2.45, 2.75) is 24.2 Å². The summed E-state index contributed by atoms with van der Waals surface area (Å²) < 4.78 is 4.84. The second-order valence-corrected chi connectivity index (χ2v) is 5.76. The molecule has 0 aliphatic heterocycles. The Labute approximate surface area is 59.7 Å². The summed E-state index contributed by atoms with van der Waals surface area (Å²) in [6, 6.07) is 0. The van der Waals surface area contributed by atoms with Crippen molar-refractivity contribution in [3.63, 3.8) is 0 Å². The number of rotatable bonds is 4. The van der Waals surface area contributed by atoms with Crippen LogP contribution < -0.4 is 0 Å². The average Bonchev–Trinajstić information content (AvgIpc) is 1.81. The van der Waals surface area contributed by atoms with Crippen LogP contribution >= 0.6 is 0 Å². The fourth-order valence-corrected chi connectivity index (χ4v) is 3.20. The van der Waals surface area contributed by atoms with E-state index in [1.54, 1.807) is 0 Å². The summed E-state index contributed by atoms with van der Waals surface area (Å²) in [5.41, 5.74) is 7.88. The molecule has 8 heavy (non-hydrogen) atoms. The van der Waals surface area contributed by atoms with Gasteiger partial charge in [-0.05, 0) is 0 Å². The first kappa shape index (κ1) is 8.11. The second kappa shape index (κ2) is 7.11. The van der Waals surface area contributed by atoms with Crippen molar-refractivity contribution in [3.8, 4) is 0 Å². The summed E-state index contributed by atoms with van der Waals surface area (Å²) >= 11 is -0.928. The minimum atomic E-state index is -0.928. The third-order valence-electron chi connectivity index (χ3n) is 0.925. The Morgan fingerprint density at radius 2 is 2.50 bits per heavy atom. The van der Waals surface area contributed by atoms with Gasteiger partial charge in [0.05, 0.1) is 0 Å². The van der Waals surface area contributed by atoms with E-state index in [0.29, 0.717) is 0 Å². The van der Waals surface area contributed by atoms with Gasteiger partial charge in [-0.3, -0.25) is 0 Å². The van der Waals surface area contributed by atoms with Crippen molar-refractivity contribution in [3.05, 3.63) is 10.4 Å². The van der Waals surface area contributed by atoms with E-state index >= 15 is 0 Å². The molecule has 0 unspecified atom stereocenters. The van der Waals surface area contributed by atoms with Gasteiger partial charge in [0.2, 0.25) is 0 Å². The SMILES string of the molecule is CCC[CH2][SnH2][N]=[N+]=[N-]. The van der Waals surface area contributed by atoms with Crippen LogP contribution in [0.4, 0.5) is 0 Å². The monoisotopic (exact) mass is 221 g/mol. The predicted octanol–water partition coefficient (Wildman–Crippen LogP) is 1.60. The molecule has 0 amide bonds. The van der Waals surface area contributed by atoms with Gasteiger partial charge >= 0.3 is 59.4 Å². The average molecular weight is 220 g/mol. The molecule has 0 saturated carbocycles. The Morgan fingerprint density at radius 3 is 3.00 bits per heavy atom. The molecule has 0 heterocycles. The van der Waals surface area contributed by atoms with Crippen LogP contribution in [0.3, 0.4) is 0 Å². The van der Waals surface area contributed by atoms with Gasteiger partial charge < -0.3 is 0 Å². The van der Waals surface area contributed by atoms with Crippen LogP contribution in [0.25, 0.3) is 10.4 Å². The number of nitrogens with zero attached hydrogens (tertiary/aromatic N) is 3. The number of hydrogen-bond acceptors (Lipinski definition) is 1. The topological polar surface area (TPSA) is 48.8 Å². The Balaban J connectivity index is 2.82. The van der Waals surface area contributed by atoms with Crippen molar-refractivity contribution in [2.24, 2.45) is 3.34 Å². The van der Waals surface area contributed by atoms with Gasteiger partial charge in [-0.2, -0.15) is 0 Å². The van der Waals surface area contributed by atoms with Crippen molar-refractivity contribution in [2.75, 3.05) is 0 Å². The third-order valence-corrected chi connectivity index (χ3v) is 4.19. The Bertz CT molecular complexity index is 87.3. The molecule has 0 spiro atoms. The van der Waals surface area contributed by atoms with Crippen LogP contribution in [-0.2, 0) is 0 Å². The zero-order chi connectivity index (χ0) is 6.24. The van der Waals surface area contributed by atoms with Crippen LogP contribution in [0.15, 0.2) is 3.34 Å². The van der Waals surface area contributed by atoms with Gasteiger partial charge in [0, 0.05) is 0 Å². The molecule has 3 nitrogen and oxygen atoms in total. The molecule has 0 aromatic carbocycles. The third kappa shape index (κ3) is 6.11. The van der Waals surface area contributed by atoms with E-state index in [4.69, 9.17) is 5.53 Å². The summed E-state index contributed by atoms with van der Waals surface area (Å²) in [6.07, 6.45) is 2.49. The quantitative estimate of drug-likeness (QED) is 0.227. The van der Waals surface area contributed by atoms with Crippen LogP contribution in [0.5, 0.6) is 0 Å². The van der Waals surface area contributed by atoms with Gasteiger partial charge in [-0.1, -0.05) is 0 Å². The number of azide groups is 1. The van der Waals surface area contributed by atoms with E-state index in [0.717, 1.165) is 0 Å². The molecular formula is C4H11N3Sn.